The second-order valence-electron chi connectivity index (χ2n) is 4.03. The minimum Gasteiger partial charge on any atom is -0.392 e. The molecule has 2 rings (SSSR count). The summed E-state index contributed by atoms with van der Waals surface area (Å²) in [6.45, 7) is 3.19. The van der Waals surface area contributed by atoms with Gasteiger partial charge in [-0.1, -0.05) is 0 Å². The van der Waals surface area contributed by atoms with Crippen molar-refractivity contribution in [3.63, 3.8) is 0 Å². The zero-order valence-electron chi connectivity index (χ0n) is 9.50. The summed E-state index contributed by atoms with van der Waals surface area (Å²) in [5.41, 5.74) is 2.50. The van der Waals surface area contributed by atoms with Gasteiger partial charge in [0.2, 0.25) is 5.78 Å². The monoisotopic (exact) mass is 219 g/mol. The number of carbonyl (C=O) groups excluding carboxylic acids is 2. The van der Waals surface area contributed by atoms with Gasteiger partial charge in [-0.2, -0.15) is 0 Å². The third-order valence-corrected chi connectivity index (χ3v) is 3.14. The second-order valence-corrected chi connectivity index (χ2v) is 4.03. The molecule has 1 heterocycles. The Morgan fingerprint density at radius 2 is 1.94 bits per heavy atom. The zero-order chi connectivity index (χ0) is 12.0. The van der Waals surface area contributed by atoms with E-state index in [-0.39, 0.29) is 18.2 Å². The van der Waals surface area contributed by atoms with E-state index in [1.54, 1.807) is 25.5 Å². The maximum atomic E-state index is 12.0. The Bertz CT molecular complexity index is 535. The van der Waals surface area contributed by atoms with Crippen LogP contribution >= 0.6 is 0 Å². The Labute approximate surface area is 93.2 Å². The van der Waals surface area contributed by atoms with Gasteiger partial charge in [-0.15, -0.1) is 0 Å². The number of allylic oxidation sites excluding steroid dienone is 2. The lowest BCUT2D eigenvalue weighted by atomic mass is 9.93. The summed E-state index contributed by atoms with van der Waals surface area (Å²) in [5, 5.41) is 9.28. The summed E-state index contributed by atoms with van der Waals surface area (Å²) in [7, 11) is 1.73. The molecule has 0 atom stereocenters. The van der Waals surface area contributed by atoms with Crippen molar-refractivity contribution in [1.29, 1.82) is 0 Å². The van der Waals surface area contributed by atoms with Gasteiger partial charge in [0.1, 0.15) is 5.69 Å². The van der Waals surface area contributed by atoms with E-state index in [4.69, 9.17) is 0 Å². The van der Waals surface area contributed by atoms with Crippen LogP contribution in [0.5, 0.6) is 0 Å². The van der Waals surface area contributed by atoms with E-state index in [2.05, 4.69) is 0 Å². The quantitative estimate of drug-likeness (QED) is 0.770. The maximum Gasteiger partial charge on any atom is 0.203 e. The molecule has 84 valence electrons. The predicted octanol–water partition coefficient (Wildman–Crippen LogP) is 1.15. The van der Waals surface area contributed by atoms with E-state index in [9.17, 15) is 14.7 Å². The SMILES string of the molecule is CC1=CC(=O)c2c(c(CO)c(C)n2C)C1=O. The number of Topliss-reactive ketones (excluding diaryl/α,β-unsaturated/α-hetero) is 1. The summed E-state index contributed by atoms with van der Waals surface area (Å²) in [6.07, 6.45) is 1.35. The van der Waals surface area contributed by atoms with Crippen molar-refractivity contribution in [2.45, 2.75) is 20.5 Å². The fraction of sp³-hybridized carbons (Fsp3) is 0.333. The number of ketones is 2. The van der Waals surface area contributed by atoms with Crippen molar-refractivity contribution in [1.82, 2.24) is 4.57 Å². The summed E-state index contributed by atoms with van der Waals surface area (Å²) in [4.78, 5) is 23.8. The number of carbonyl (C=O) groups is 2. The summed E-state index contributed by atoms with van der Waals surface area (Å²) >= 11 is 0. The van der Waals surface area contributed by atoms with Crippen molar-refractivity contribution in [2.24, 2.45) is 7.05 Å². The largest absolute Gasteiger partial charge is 0.392 e. The van der Waals surface area contributed by atoms with E-state index in [0.29, 0.717) is 22.4 Å². The Hall–Kier alpha value is -1.68. The van der Waals surface area contributed by atoms with Crippen molar-refractivity contribution >= 4 is 11.6 Å². The molecule has 1 aromatic heterocycles. The minimum absolute atomic E-state index is 0.164. The van der Waals surface area contributed by atoms with Crippen LogP contribution < -0.4 is 0 Å². The minimum atomic E-state index is -0.221. The molecule has 0 aromatic carbocycles. The molecule has 1 aliphatic rings. The topological polar surface area (TPSA) is 59.3 Å². The molecule has 0 aliphatic heterocycles. The first-order valence-corrected chi connectivity index (χ1v) is 5.05. The van der Waals surface area contributed by atoms with Crippen LogP contribution in [-0.4, -0.2) is 21.2 Å². The third kappa shape index (κ3) is 1.20. The van der Waals surface area contributed by atoms with Crippen molar-refractivity contribution in [3.05, 3.63) is 34.2 Å². The van der Waals surface area contributed by atoms with E-state index in [1.165, 1.54) is 6.08 Å². The van der Waals surface area contributed by atoms with Crippen molar-refractivity contribution in [3.8, 4) is 0 Å². The normalized spacial score (nSPS) is 15.1. The molecule has 1 aromatic rings. The lowest BCUT2D eigenvalue weighted by Crippen LogP contribution is -2.17. The number of aliphatic hydroxyl groups excluding tert-OH is 1. The standard InChI is InChI=1S/C12H13NO3/c1-6-4-9(15)11-10(12(6)16)8(5-14)7(2)13(11)3/h4,14H,5H2,1-3H3. The fourth-order valence-electron chi connectivity index (χ4n) is 2.12. The number of aromatic nitrogens is 1. The Kier molecular flexibility index (Phi) is 2.31. The number of hydrogen-bond donors (Lipinski definition) is 1. The van der Waals surface area contributed by atoms with Crippen LogP contribution in [0.25, 0.3) is 0 Å². The van der Waals surface area contributed by atoms with Crippen LogP contribution in [-0.2, 0) is 13.7 Å². The fourth-order valence-corrected chi connectivity index (χ4v) is 2.12. The molecule has 16 heavy (non-hydrogen) atoms. The molecule has 4 nitrogen and oxygen atoms in total. The van der Waals surface area contributed by atoms with Gasteiger partial charge in [0.05, 0.1) is 12.2 Å². The number of aliphatic hydroxyl groups is 1. The highest BCUT2D eigenvalue weighted by molar-refractivity contribution is 6.24. The highest BCUT2D eigenvalue weighted by Crippen LogP contribution is 2.28. The van der Waals surface area contributed by atoms with Gasteiger partial charge >= 0.3 is 0 Å². The van der Waals surface area contributed by atoms with Crippen LogP contribution in [0.1, 0.15) is 39.0 Å². The average Bonchev–Trinajstić information content (AvgIpc) is 2.49. The molecule has 0 spiro atoms. The average molecular weight is 219 g/mol. The number of nitrogens with zero attached hydrogens (tertiary/aromatic N) is 1. The number of rotatable bonds is 1. The van der Waals surface area contributed by atoms with Gasteiger partial charge in [-0.25, -0.2) is 0 Å². The summed E-state index contributed by atoms with van der Waals surface area (Å²) in [6, 6.07) is 0. The molecule has 0 saturated carbocycles. The first-order valence-electron chi connectivity index (χ1n) is 5.05. The van der Waals surface area contributed by atoms with Gasteiger partial charge in [0, 0.05) is 23.9 Å². The van der Waals surface area contributed by atoms with Crippen molar-refractivity contribution in [2.75, 3.05) is 0 Å². The summed E-state index contributed by atoms with van der Waals surface area (Å²) in [5.74, 6) is -0.334. The van der Waals surface area contributed by atoms with E-state index < -0.39 is 0 Å². The zero-order valence-corrected chi connectivity index (χ0v) is 9.50. The van der Waals surface area contributed by atoms with E-state index >= 15 is 0 Å². The smallest absolute Gasteiger partial charge is 0.203 e. The van der Waals surface area contributed by atoms with Gasteiger partial charge < -0.3 is 9.67 Å². The molecule has 0 radical (unpaired) electrons. The lowest BCUT2D eigenvalue weighted by Gasteiger charge is -2.10. The summed E-state index contributed by atoms with van der Waals surface area (Å²) < 4.78 is 1.67. The highest BCUT2D eigenvalue weighted by Gasteiger charge is 2.31. The third-order valence-electron chi connectivity index (χ3n) is 3.14. The van der Waals surface area contributed by atoms with Crippen LogP contribution in [0.4, 0.5) is 0 Å². The molecule has 0 saturated heterocycles. The van der Waals surface area contributed by atoms with Crippen LogP contribution in [0.3, 0.4) is 0 Å². The second kappa shape index (κ2) is 3.42. The molecule has 0 fully saturated rings. The van der Waals surface area contributed by atoms with Gasteiger partial charge in [0.15, 0.2) is 5.78 Å². The number of fused-ring (bicyclic) bond motifs is 1. The highest BCUT2D eigenvalue weighted by atomic mass is 16.3. The lowest BCUT2D eigenvalue weighted by molar-refractivity contribution is 0.0978. The molecule has 0 unspecified atom stereocenters. The first kappa shape index (κ1) is 10.8. The van der Waals surface area contributed by atoms with E-state index in [0.717, 1.165) is 5.69 Å². The van der Waals surface area contributed by atoms with Crippen LogP contribution in [0.2, 0.25) is 0 Å². The molecule has 0 amide bonds. The molecule has 4 heteroatoms. The maximum absolute atomic E-state index is 12.0. The molecule has 1 N–H and O–H groups in total. The first-order chi connectivity index (χ1) is 7.49. The Balaban J connectivity index is 2.82. The van der Waals surface area contributed by atoms with E-state index in [1.807, 2.05) is 0 Å². The van der Waals surface area contributed by atoms with Crippen LogP contribution in [0.15, 0.2) is 11.6 Å². The molecule has 1 aliphatic carbocycles. The number of hydrogen-bond acceptors (Lipinski definition) is 3. The van der Waals surface area contributed by atoms with Gasteiger partial charge in [-0.3, -0.25) is 9.59 Å². The Morgan fingerprint density at radius 3 is 2.50 bits per heavy atom. The molecular weight excluding hydrogens is 206 g/mol. The predicted molar refractivity (Wildman–Crippen MR) is 58.5 cm³/mol. The van der Waals surface area contributed by atoms with Crippen LogP contribution in [0, 0.1) is 6.92 Å². The van der Waals surface area contributed by atoms with Gasteiger partial charge in [-0.05, 0) is 19.9 Å². The van der Waals surface area contributed by atoms with Crippen molar-refractivity contribution < 1.29 is 14.7 Å². The molecule has 0 bridgehead atoms. The van der Waals surface area contributed by atoms with Gasteiger partial charge in [0.25, 0.3) is 0 Å². The molecular formula is C12H13NO3. The Morgan fingerprint density at radius 1 is 1.31 bits per heavy atom.